The molecule has 0 spiro atoms. The molecule has 0 aliphatic carbocycles. The number of carbonyl (C=O) groups is 1. The summed E-state index contributed by atoms with van der Waals surface area (Å²) in [7, 11) is 0. The highest BCUT2D eigenvalue weighted by Crippen LogP contribution is 2.15. The van der Waals surface area contributed by atoms with Crippen molar-refractivity contribution in [2.24, 2.45) is 0 Å². The lowest BCUT2D eigenvalue weighted by molar-refractivity contribution is -0.134. The molecule has 2 nitrogen and oxygen atoms in total. The Morgan fingerprint density at radius 2 is 1.95 bits per heavy atom. The molecule has 0 saturated heterocycles. The normalized spacial score (nSPS) is 12.3. The molecule has 0 aliphatic heterocycles. The Bertz CT molecular complexity index is 434. The zero-order valence-electron chi connectivity index (χ0n) is 11.7. The molecule has 0 fully saturated rings. The van der Waals surface area contributed by atoms with Gasteiger partial charge in [-0.15, -0.1) is 0 Å². The Labute approximate surface area is 113 Å². The van der Waals surface area contributed by atoms with Gasteiger partial charge >= 0.3 is 0 Å². The number of nitrogens with zero attached hydrogens (tertiary/aromatic N) is 1. The summed E-state index contributed by atoms with van der Waals surface area (Å²) in [5.41, 5.74) is 0.614. The van der Waals surface area contributed by atoms with Crippen LogP contribution < -0.4 is 0 Å². The highest BCUT2D eigenvalue weighted by molar-refractivity contribution is 5.76. The third kappa shape index (κ3) is 4.30. The van der Waals surface area contributed by atoms with E-state index in [0.717, 1.165) is 25.0 Å². The molecule has 1 amide bonds. The van der Waals surface area contributed by atoms with E-state index in [0.29, 0.717) is 18.5 Å². The third-order valence-corrected chi connectivity index (χ3v) is 3.24. The summed E-state index contributed by atoms with van der Waals surface area (Å²) in [5, 5.41) is 0. The molecule has 1 aromatic rings. The van der Waals surface area contributed by atoms with Crippen LogP contribution in [-0.2, 0) is 11.3 Å². The van der Waals surface area contributed by atoms with Crippen molar-refractivity contribution in [1.82, 2.24) is 4.90 Å². The van der Waals surface area contributed by atoms with Gasteiger partial charge in [-0.2, -0.15) is 0 Å². The number of carbonyl (C=O) groups excluding carboxylic acids is 1. The topological polar surface area (TPSA) is 20.3 Å². The molecule has 1 atom stereocenters. The molecule has 19 heavy (non-hydrogen) atoms. The predicted octanol–water partition coefficient (Wildman–Crippen LogP) is 3.89. The molecule has 106 valence electrons. The lowest BCUT2D eigenvalue weighted by Crippen LogP contribution is -2.37. The summed E-state index contributed by atoms with van der Waals surface area (Å²) in [4.78, 5) is 13.8. The van der Waals surface area contributed by atoms with E-state index in [9.17, 15) is 13.6 Å². The summed E-state index contributed by atoms with van der Waals surface area (Å²) < 4.78 is 26.1. The fraction of sp³-hybridized carbons (Fsp3) is 0.533. The minimum Gasteiger partial charge on any atom is -0.336 e. The van der Waals surface area contributed by atoms with Crippen LogP contribution in [0.1, 0.15) is 45.6 Å². The van der Waals surface area contributed by atoms with Crippen LogP contribution in [0.2, 0.25) is 0 Å². The van der Waals surface area contributed by atoms with Gasteiger partial charge in [0.05, 0.1) is 0 Å². The van der Waals surface area contributed by atoms with E-state index in [-0.39, 0.29) is 11.9 Å². The molecule has 0 saturated carbocycles. The Morgan fingerprint density at radius 3 is 2.47 bits per heavy atom. The maximum absolute atomic E-state index is 13.2. The fourth-order valence-corrected chi connectivity index (χ4v) is 1.90. The number of hydrogen-bond donors (Lipinski definition) is 0. The maximum atomic E-state index is 13.2. The van der Waals surface area contributed by atoms with Gasteiger partial charge in [0.15, 0.2) is 11.6 Å². The molecule has 0 N–H and O–H groups in total. The van der Waals surface area contributed by atoms with E-state index in [1.54, 1.807) is 4.90 Å². The van der Waals surface area contributed by atoms with Crippen molar-refractivity contribution < 1.29 is 13.6 Å². The molecular formula is C15H21F2NO. The summed E-state index contributed by atoms with van der Waals surface area (Å²) in [5.74, 6) is -1.68. The van der Waals surface area contributed by atoms with Crippen LogP contribution in [0.5, 0.6) is 0 Å². The maximum Gasteiger partial charge on any atom is 0.223 e. The first-order chi connectivity index (χ1) is 8.99. The number of halogens is 2. The Balaban J connectivity index is 2.87. The van der Waals surface area contributed by atoms with Crippen LogP contribution in [0.3, 0.4) is 0 Å². The first-order valence-corrected chi connectivity index (χ1v) is 6.73. The Kier molecular flexibility index (Phi) is 5.93. The molecular weight excluding hydrogens is 248 g/mol. The zero-order valence-corrected chi connectivity index (χ0v) is 11.7. The molecule has 1 rings (SSSR count). The van der Waals surface area contributed by atoms with E-state index in [4.69, 9.17) is 0 Å². The number of amides is 1. The van der Waals surface area contributed by atoms with Gasteiger partial charge in [-0.25, -0.2) is 8.78 Å². The number of hydrogen-bond acceptors (Lipinski definition) is 1. The SMILES string of the molecule is CCCC(=O)N(Cc1ccc(F)c(F)c1)C(C)CC. The van der Waals surface area contributed by atoms with E-state index < -0.39 is 11.6 Å². The van der Waals surface area contributed by atoms with Crippen LogP contribution in [0.15, 0.2) is 18.2 Å². The van der Waals surface area contributed by atoms with Crippen molar-refractivity contribution in [1.29, 1.82) is 0 Å². The molecule has 0 aliphatic rings. The first kappa shape index (κ1) is 15.6. The minimum absolute atomic E-state index is 0.0570. The highest BCUT2D eigenvalue weighted by Gasteiger charge is 2.18. The van der Waals surface area contributed by atoms with Crippen molar-refractivity contribution >= 4 is 5.91 Å². The largest absolute Gasteiger partial charge is 0.336 e. The van der Waals surface area contributed by atoms with Gasteiger partial charge < -0.3 is 4.90 Å². The zero-order chi connectivity index (χ0) is 14.4. The minimum atomic E-state index is -0.871. The van der Waals surface area contributed by atoms with Gasteiger partial charge in [0, 0.05) is 19.0 Å². The van der Waals surface area contributed by atoms with Gasteiger partial charge in [0.2, 0.25) is 5.91 Å². The number of benzene rings is 1. The molecule has 0 aromatic heterocycles. The van der Waals surface area contributed by atoms with Gasteiger partial charge in [-0.05, 0) is 37.5 Å². The quantitative estimate of drug-likeness (QED) is 0.767. The van der Waals surface area contributed by atoms with Crippen molar-refractivity contribution in [3.63, 3.8) is 0 Å². The Hall–Kier alpha value is -1.45. The smallest absolute Gasteiger partial charge is 0.223 e. The highest BCUT2D eigenvalue weighted by atomic mass is 19.2. The van der Waals surface area contributed by atoms with Crippen LogP contribution in [0.4, 0.5) is 8.78 Å². The van der Waals surface area contributed by atoms with E-state index in [1.165, 1.54) is 6.07 Å². The summed E-state index contributed by atoms with van der Waals surface area (Å²) in [6.07, 6.45) is 2.09. The lowest BCUT2D eigenvalue weighted by Gasteiger charge is -2.29. The molecule has 0 radical (unpaired) electrons. The summed E-state index contributed by atoms with van der Waals surface area (Å²) >= 11 is 0. The van der Waals surface area contributed by atoms with Crippen molar-refractivity contribution in [3.05, 3.63) is 35.4 Å². The van der Waals surface area contributed by atoms with Crippen molar-refractivity contribution in [3.8, 4) is 0 Å². The van der Waals surface area contributed by atoms with E-state index in [2.05, 4.69) is 0 Å². The van der Waals surface area contributed by atoms with Gasteiger partial charge in [0.25, 0.3) is 0 Å². The van der Waals surface area contributed by atoms with Gasteiger partial charge in [-0.3, -0.25) is 4.79 Å². The molecule has 1 unspecified atom stereocenters. The average Bonchev–Trinajstić information content (AvgIpc) is 2.39. The van der Waals surface area contributed by atoms with Gasteiger partial charge in [0.1, 0.15) is 0 Å². The Morgan fingerprint density at radius 1 is 1.26 bits per heavy atom. The molecule has 0 heterocycles. The van der Waals surface area contributed by atoms with E-state index in [1.807, 2.05) is 20.8 Å². The second-order valence-corrected chi connectivity index (χ2v) is 4.78. The lowest BCUT2D eigenvalue weighted by atomic mass is 10.1. The summed E-state index contributed by atoms with van der Waals surface area (Å²) in [6, 6.07) is 3.87. The fourth-order valence-electron chi connectivity index (χ4n) is 1.90. The standard InChI is InChI=1S/C15H21F2NO/c1-4-6-15(19)18(11(3)5-2)10-12-7-8-13(16)14(17)9-12/h7-9,11H,4-6,10H2,1-3H3. The second kappa shape index (κ2) is 7.22. The van der Waals surface area contributed by atoms with Crippen molar-refractivity contribution in [2.45, 2.75) is 52.6 Å². The van der Waals surface area contributed by atoms with E-state index >= 15 is 0 Å². The molecule has 1 aromatic carbocycles. The van der Waals surface area contributed by atoms with Crippen LogP contribution in [0.25, 0.3) is 0 Å². The number of rotatable bonds is 6. The second-order valence-electron chi connectivity index (χ2n) is 4.78. The first-order valence-electron chi connectivity index (χ1n) is 6.73. The third-order valence-electron chi connectivity index (χ3n) is 3.24. The van der Waals surface area contributed by atoms with Gasteiger partial charge in [-0.1, -0.05) is 19.9 Å². The average molecular weight is 269 g/mol. The molecule has 0 bridgehead atoms. The van der Waals surface area contributed by atoms with Crippen LogP contribution in [-0.4, -0.2) is 16.8 Å². The van der Waals surface area contributed by atoms with Crippen molar-refractivity contribution in [2.75, 3.05) is 0 Å². The summed E-state index contributed by atoms with van der Waals surface area (Å²) in [6.45, 7) is 6.24. The monoisotopic (exact) mass is 269 g/mol. The predicted molar refractivity (Wildman–Crippen MR) is 71.6 cm³/mol. The molecule has 4 heteroatoms. The van der Waals surface area contributed by atoms with Crippen LogP contribution in [0, 0.1) is 11.6 Å². The van der Waals surface area contributed by atoms with Crippen LogP contribution >= 0.6 is 0 Å².